The molecule has 3 unspecified atom stereocenters. The lowest BCUT2D eigenvalue weighted by molar-refractivity contribution is -0.141. The fraction of sp³-hybridized carbons (Fsp3) is 0.464. The minimum Gasteiger partial charge on any atom is -0.444 e. The summed E-state index contributed by atoms with van der Waals surface area (Å²) >= 11 is 0. The van der Waals surface area contributed by atoms with Crippen LogP contribution in [0.15, 0.2) is 54.6 Å². The van der Waals surface area contributed by atoms with Gasteiger partial charge in [0.1, 0.15) is 17.7 Å². The Morgan fingerprint density at radius 1 is 1.00 bits per heavy atom. The Bertz CT molecular complexity index is 984. The Labute approximate surface area is 209 Å². The molecule has 3 amide bonds. The summed E-state index contributed by atoms with van der Waals surface area (Å²) in [5, 5.41) is 5.69. The predicted molar refractivity (Wildman–Crippen MR) is 138 cm³/mol. The van der Waals surface area contributed by atoms with Crippen LogP contribution in [-0.2, 0) is 20.9 Å². The van der Waals surface area contributed by atoms with Crippen molar-refractivity contribution in [2.45, 2.75) is 72.2 Å². The largest absolute Gasteiger partial charge is 0.444 e. The summed E-state index contributed by atoms with van der Waals surface area (Å²) in [5.74, 6) is -0.817. The molecule has 7 nitrogen and oxygen atoms in total. The Morgan fingerprint density at radius 2 is 1.60 bits per heavy atom. The van der Waals surface area contributed by atoms with Gasteiger partial charge in [-0.05, 0) is 44.7 Å². The first-order valence-electron chi connectivity index (χ1n) is 12.1. The molecule has 0 aliphatic carbocycles. The van der Waals surface area contributed by atoms with Crippen molar-refractivity contribution in [3.05, 3.63) is 71.3 Å². The van der Waals surface area contributed by atoms with Crippen LogP contribution in [0, 0.1) is 12.8 Å². The maximum Gasteiger partial charge on any atom is 0.408 e. The Hall–Kier alpha value is -3.35. The van der Waals surface area contributed by atoms with E-state index in [1.54, 1.807) is 27.8 Å². The highest BCUT2D eigenvalue weighted by molar-refractivity contribution is 5.92. The van der Waals surface area contributed by atoms with Gasteiger partial charge in [-0.15, -0.1) is 0 Å². The molecule has 0 fully saturated rings. The molecule has 0 saturated heterocycles. The van der Waals surface area contributed by atoms with Crippen LogP contribution in [0.3, 0.4) is 0 Å². The van der Waals surface area contributed by atoms with Gasteiger partial charge < -0.3 is 20.3 Å². The van der Waals surface area contributed by atoms with Gasteiger partial charge in [0.15, 0.2) is 0 Å². The zero-order chi connectivity index (χ0) is 26.2. The molecule has 0 spiro atoms. The van der Waals surface area contributed by atoms with E-state index >= 15 is 0 Å². The second kappa shape index (κ2) is 12.4. The average molecular weight is 482 g/mol. The molecule has 0 aliphatic heterocycles. The molecule has 0 radical (unpaired) electrons. The van der Waals surface area contributed by atoms with Gasteiger partial charge >= 0.3 is 6.09 Å². The summed E-state index contributed by atoms with van der Waals surface area (Å²) in [4.78, 5) is 41.0. The summed E-state index contributed by atoms with van der Waals surface area (Å²) < 4.78 is 5.39. The molecular formula is C28H39N3O4. The number of carbonyl (C=O) groups is 3. The molecule has 35 heavy (non-hydrogen) atoms. The zero-order valence-electron chi connectivity index (χ0n) is 21.9. The van der Waals surface area contributed by atoms with Gasteiger partial charge in [0.2, 0.25) is 11.8 Å². The van der Waals surface area contributed by atoms with Crippen LogP contribution >= 0.6 is 0 Å². The van der Waals surface area contributed by atoms with Gasteiger partial charge in [-0.3, -0.25) is 9.59 Å². The highest BCUT2D eigenvalue weighted by Gasteiger charge is 2.36. The van der Waals surface area contributed by atoms with Crippen LogP contribution in [0.5, 0.6) is 0 Å². The van der Waals surface area contributed by atoms with Crippen molar-refractivity contribution in [2.75, 3.05) is 7.05 Å². The molecule has 2 rings (SSSR count). The van der Waals surface area contributed by atoms with E-state index in [0.717, 1.165) is 11.1 Å². The summed E-state index contributed by atoms with van der Waals surface area (Å²) in [5.41, 5.74) is 2.01. The number of ether oxygens (including phenoxy) is 1. The second-order valence-corrected chi connectivity index (χ2v) is 9.98. The third-order valence-electron chi connectivity index (χ3n) is 5.84. The van der Waals surface area contributed by atoms with Gasteiger partial charge in [-0.1, -0.05) is 80.4 Å². The van der Waals surface area contributed by atoms with Crippen LogP contribution < -0.4 is 10.6 Å². The number of nitrogens with one attached hydrogen (secondary N) is 2. The Morgan fingerprint density at radius 3 is 2.14 bits per heavy atom. The lowest BCUT2D eigenvalue weighted by atomic mass is 9.96. The summed E-state index contributed by atoms with van der Waals surface area (Å²) in [6, 6.07) is 15.4. The SMILES string of the molecule is CCC(C)C(NC(=O)OC(C)(C)C)C(=O)N(C)C(C(=O)NCc1ccccc1)c1ccc(C)cc1. The van der Waals surface area contributed by atoms with Gasteiger partial charge in [0.25, 0.3) is 0 Å². The van der Waals surface area contributed by atoms with Crippen LogP contribution in [0.1, 0.15) is 63.8 Å². The molecular weight excluding hydrogens is 442 g/mol. The molecule has 2 aromatic carbocycles. The number of hydrogen-bond donors (Lipinski definition) is 2. The molecule has 190 valence electrons. The van der Waals surface area contributed by atoms with E-state index < -0.39 is 23.8 Å². The van der Waals surface area contributed by atoms with Crippen molar-refractivity contribution in [2.24, 2.45) is 5.92 Å². The van der Waals surface area contributed by atoms with Crippen molar-refractivity contribution >= 4 is 17.9 Å². The number of likely N-dealkylation sites (N-methyl/N-ethyl adjacent to an activating group) is 1. The van der Waals surface area contributed by atoms with E-state index in [1.165, 1.54) is 4.90 Å². The van der Waals surface area contributed by atoms with Gasteiger partial charge in [-0.2, -0.15) is 0 Å². The van der Waals surface area contributed by atoms with Crippen molar-refractivity contribution in [3.8, 4) is 0 Å². The van der Waals surface area contributed by atoms with E-state index in [0.29, 0.717) is 18.5 Å². The molecule has 0 saturated carbocycles. The van der Waals surface area contributed by atoms with Gasteiger partial charge in [-0.25, -0.2) is 4.79 Å². The van der Waals surface area contributed by atoms with E-state index in [9.17, 15) is 14.4 Å². The van der Waals surface area contributed by atoms with Crippen molar-refractivity contribution in [1.82, 2.24) is 15.5 Å². The maximum absolute atomic E-state index is 13.7. The third-order valence-corrected chi connectivity index (χ3v) is 5.84. The first-order chi connectivity index (χ1) is 16.4. The normalized spacial score (nSPS) is 13.8. The van der Waals surface area contributed by atoms with E-state index in [2.05, 4.69) is 10.6 Å². The van der Waals surface area contributed by atoms with Crippen molar-refractivity contribution < 1.29 is 19.1 Å². The highest BCUT2D eigenvalue weighted by Crippen LogP contribution is 2.24. The lowest BCUT2D eigenvalue weighted by Crippen LogP contribution is -2.54. The first kappa shape index (κ1) is 27.9. The van der Waals surface area contributed by atoms with Crippen molar-refractivity contribution in [3.63, 3.8) is 0 Å². The number of rotatable bonds is 9. The number of hydrogen-bond acceptors (Lipinski definition) is 4. The lowest BCUT2D eigenvalue weighted by Gasteiger charge is -2.33. The Balaban J connectivity index is 2.31. The molecule has 2 aromatic rings. The smallest absolute Gasteiger partial charge is 0.408 e. The fourth-order valence-corrected chi connectivity index (χ4v) is 3.65. The average Bonchev–Trinajstić information content (AvgIpc) is 2.81. The minimum absolute atomic E-state index is 0.163. The highest BCUT2D eigenvalue weighted by atomic mass is 16.6. The van der Waals surface area contributed by atoms with E-state index in [-0.39, 0.29) is 17.7 Å². The number of benzene rings is 2. The molecule has 3 atom stereocenters. The quantitative estimate of drug-likeness (QED) is 0.541. The molecule has 0 heterocycles. The van der Waals surface area contributed by atoms with Crippen molar-refractivity contribution in [1.29, 1.82) is 0 Å². The van der Waals surface area contributed by atoms with Crippen LogP contribution in [-0.4, -0.2) is 41.5 Å². The molecule has 0 aliphatic rings. The van der Waals surface area contributed by atoms with Crippen LogP contribution in [0.2, 0.25) is 0 Å². The van der Waals surface area contributed by atoms with E-state index in [1.807, 2.05) is 75.4 Å². The summed E-state index contributed by atoms with van der Waals surface area (Å²) in [7, 11) is 1.60. The topological polar surface area (TPSA) is 87.7 Å². The number of nitrogens with zero attached hydrogens (tertiary/aromatic N) is 1. The van der Waals surface area contributed by atoms with Crippen LogP contribution in [0.25, 0.3) is 0 Å². The third kappa shape index (κ3) is 8.42. The standard InChI is InChI=1S/C28H39N3O4/c1-8-20(3)23(30-27(34)35-28(4,5)6)26(33)31(7)24(22-16-14-19(2)15-17-22)25(32)29-18-21-12-10-9-11-13-21/h9-17,20,23-24H,8,18H2,1-7H3,(H,29,32)(H,30,34). The Kier molecular flexibility index (Phi) is 9.87. The second-order valence-electron chi connectivity index (χ2n) is 9.98. The summed E-state index contributed by atoms with van der Waals surface area (Å²) in [6.07, 6.45) is 0.0000799. The maximum atomic E-state index is 13.7. The van der Waals surface area contributed by atoms with Gasteiger partial charge in [0.05, 0.1) is 0 Å². The number of amides is 3. The zero-order valence-corrected chi connectivity index (χ0v) is 21.9. The number of carbonyl (C=O) groups excluding carboxylic acids is 3. The minimum atomic E-state index is -0.862. The number of alkyl carbamates (subject to hydrolysis) is 1. The monoisotopic (exact) mass is 481 g/mol. The number of aryl methyl sites for hydroxylation is 1. The molecule has 2 N–H and O–H groups in total. The first-order valence-corrected chi connectivity index (χ1v) is 12.1. The fourth-order valence-electron chi connectivity index (χ4n) is 3.65. The molecule has 7 heteroatoms. The van der Waals surface area contributed by atoms with Crippen LogP contribution in [0.4, 0.5) is 4.79 Å². The van der Waals surface area contributed by atoms with E-state index in [4.69, 9.17) is 4.74 Å². The molecule has 0 bridgehead atoms. The predicted octanol–water partition coefficient (Wildman–Crippen LogP) is 4.75. The summed E-state index contributed by atoms with van der Waals surface area (Å²) in [6.45, 7) is 11.5. The molecule has 0 aromatic heterocycles. The van der Waals surface area contributed by atoms with Gasteiger partial charge in [0, 0.05) is 13.6 Å².